The molecule has 1 amide bonds. The van der Waals surface area contributed by atoms with Crippen LogP contribution in [-0.4, -0.2) is 63.4 Å². The Kier molecular flexibility index (Phi) is 6.35. The number of anilines is 1. The van der Waals surface area contributed by atoms with E-state index in [2.05, 4.69) is 4.98 Å². The number of carbonyl (C=O) groups excluding carboxylic acids is 2. The summed E-state index contributed by atoms with van der Waals surface area (Å²) in [5.74, 6) is -0.329. The van der Waals surface area contributed by atoms with Gasteiger partial charge in [-0.3, -0.25) is 14.5 Å². The first-order valence-electron chi connectivity index (χ1n) is 9.25. The first kappa shape index (κ1) is 22.1. The fourth-order valence-corrected chi connectivity index (χ4v) is 4.83. The summed E-state index contributed by atoms with van der Waals surface area (Å²) in [6.45, 7) is 2.46. The Morgan fingerprint density at radius 2 is 1.63 bits per heavy atom. The van der Waals surface area contributed by atoms with Crippen LogP contribution >= 0.6 is 11.3 Å². The van der Waals surface area contributed by atoms with Crippen molar-refractivity contribution in [1.82, 2.24) is 9.88 Å². The summed E-state index contributed by atoms with van der Waals surface area (Å²) in [5, 5.41) is 0.434. The van der Waals surface area contributed by atoms with E-state index in [4.69, 9.17) is 0 Å². The molecule has 0 saturated heterocycles. The molecule has 0 aliphatic rings. The molecule has 0 fully saturated rings. The minimum Gasteiger partial charge on any atom is -0.308 e. The molecular formula is C21H23N3O4S2. The van der Waals surface area contributed by atoms with Crippen LogP contribution in [0.1, 0.15) is 27.6 Å². The Hall–Kier alpha value is -2.62. The predicted molar refractivity (Wildman–Crippen MR) is 119 cm³/mol. The lowest BCUT2D eigenvalue weighted by Crippen LogP contribution is -2.36. The highest BCUT2D eigenvalue weighted by Gasteiger charge is 2.23. The summed E-state index contributed by atoms with van der Waals surface area (Å²) in [7, 11) is 0.362. The van der Waals surface area contributed by atoms with Crippen LogP contribution in [0.4, 0.5) is 5.13 Å². The SMILES string of the molecule is CC(=O)c1ccc(C(=O)N(CCN(C)C)c2nc3c(S(C)(=O)=O)cccc3s2)cc1. The van der Waals surface area contributed by atoms with Gasteiger partial charge in [-0.2, -0.15) is 0 Å². The number of sulfone groups is 1. The van der Waals surface area contributed by atoms with Crippen LogP contribution in [0.2, 0.25) is 0 Å². The Labute approximate surface area is 179 Å². The van der Waals surface area contributed by atoms with Gasteiger partial charge in [-0.05, 0) is 45.3 Å². The molecule has 158 valence electrons. The summed E-state index contributed by atoms with van der Waals surface area (Å²) in [5.41, 5.74) is 1.33. The maximum absolute atomic E-state index is 13.3. The lowest BCUT2D eigenvalue weighted by Gasteiger charge is -2.22. The Balaban J connectivity index is 2.05. The molecule has 2 aromatic carbocycles. The number of thiazole rings is 1. The van der Waals surface area contributed by atoms with Crippen LogP contribution in [-0.2, 0) is 9.84 Å². The maximum atomic E-state index is 13.3. The van der Waals surface area contributed by atoms with Crippen molar-refractivity contribution in [1.29, 1.82) is 0 Å². The van der Waals surface area contributed by atoms with Crippen molar-refractivity contribution < 1.29 is 18.0 Å². The summed E-state index contributed by atoms with van der Waals surface area (Å²) < 4.78 is 25.0. The summed E-state index contributed by atoms with van der Waals surface area (Å²) in [4.78, 5) is 33.0. The van der Waals surface area contributed by atoms with Gasteiger partial charge in [-0.15, -0.1) is 0 Å². The normalized spacial score (nSPS) is 11.8. The zero-order chi connectivity index (χ0) is 22.1. The smallest absolute Gasteiger partial charge is 0.260 e. The molecule has 0 aliphatic heterocycles. The molecule has 0 aliphatic carbocycles. The lowest BCUT2D eigenvalue weighted by atomic mass is 10.1. The standard InChI is InChI=1S/C21H23N3O4S2/c1-14(25)15-8-10-16(11-9-15)20(26)24(13-12-23(2)3)21-22-19-17(29-21)6-5-7-18(19)30(4,27)28/h5-11H,12-13H2,1-4H3. The van der Waals surface area contributed by atoms with Crippen molar-refractivity contribution in [2.75, 3.05) is 38.3 Å². The number of aromatic nitrogens is 1. The number of likely N-dealkylation sites (N-methyl/N-ethyl adjacent to an activating group) is 1. The molecule has 30 heavy (non-hydrogen) atoms. The zero-order valence-corrected chi connectivity index (χ0v) is 18.9. The highest BCUT2D eigenvalue weighted by atomic mass is 32.2. The van der Waals surface area contributed by atoms with Gasteiger partial charge in [0.25, 0.3) is 5.91 Å². The molecule has 0 atom stereocenters. The van der Waals surface area contributed by atoms with Gasteiger partial charge in [-0.1, -0.05) is 29.5 Å². The van der Waals surface area contributed by atoms with Crippen LogP contribution in [0.3, 0.4) is 0 Å². The molecule has 3 rings (SSSR count). The molecule has 9 heteroatoms. The van der Waals surface area contributed by atoms with Crippen LogP contribution in [0.5, 0.6) is 0 Å². The van der Waals surface area contributed by atoms with Crippen molar-refractivity contribution in [3.8, 4) is 0 Å². The number of rotatable bonds is 7. The quantitative estimate of drug-likeness (QED) is 0.519. The topological polar surface area (TPSA) is 87.7 Å². The Bertz CT molecular complexity index is 1200. The molecule has 0 unspecified atom stereocenters. The number of fused-ring (bicyclic) bond motifs is 1. The number of nitrogens with zero attached hydrogens (tertiary/aromatic N) is 3. The molecule has 0 N–H and O–H groups in total. The molecule has 3 aromatic rings. The molecule has 0 radical (unpaired) electrons. The number of Topliss-reactive ketones (excluding diaryl/α,β-unsaturated/α-hetero) is 1. The summed E-state index contributed by atoms with van der Waals surface area (Å²) in [6.07, 6.45) is 1.15. The molecule has 0 saturated carbocycles. The van der Waals surface area contributed by atoms with Crippen LogP contribution < -0.4 is 4.90 Å². The van der Waals surface area contributed by atoms with E-state index >= 15 is 0 Å². The van der Waals surface area contributed by atoms with E-state index in [9.17, 15) is 18.0 Å². The highest BCUT2D eigenvalue weighted by molar-refractivity contribution is 7.91. The number of para-hydroxylation sites is 1. The number of benzene rings is 2. The minimum atomic E-state index is -3.45. The van der Waals surface area contributed by atoms with E-state index < -0.39 is 9.84 Å². The van der Waals surface area contributed by atoms with Crippen molar-refractivity contribution in [3.05, 3.63) is 53.6 Å². The van der Waals surface area contributed by atoms with Crippen LogP contribution in [0, 0.1) is 0 Å². The van der Waals surface area contributed by atoms with Crippen molar-refractivity contribution in [2.45, 2.75) is 11.8 Å². The van der Waals surface area contributed by atoms with E-state index in [0.717, 1.165) is 6.26 Å². The highest BCUT2D eigenvalue weighted by Crippen LogP contribution is 2.33. The second-order valence-corrected chi connectivity index (χ2v) is 10.3. The molecule has 0 spiro atoms. The first-order chi connectivity index (χ1) is 14.1. The number of hydrogen-bond acceptors (Lipinski definition) is 7. The van der Waals surface area contributed by atoms with Gasteiger partial charge in [0.1, 0.15) is 5.52 Å². The van der Waals surface area contributed by atoms with Gasteiger partial charge in [0.15, 0.2) is 20.8 Å². The van der Waals surface area contributed by atoms with Crippen LogP contribution in [0.25, 0.3) is 10.2 Å². The molecule has 1 heterocycles. The van der Waals surface area contributed by atoms with Crippen LogP contribution in [0.15, 0.2) is 47.4 Å². The fourth-order valence-electron chi connectivity index (χ4n) is 2.91. The number of amides is 1. The number of carbonyl (C=O) groups is 2. The molecule has 7 nitrogen and oxygen atoms in total. The van der Waals surface area contributed by atoms with Gasteiger partial charge in [0.05, 0.1) is 9.60 Å². The average molecular weight is 446 g/mol. The first-order valence-corrected chi connectivity index (χ1v) is 12.0. The molecule has 1 aromatic heterocycles. The third-order valence-electron chi connectivity index (χ3n) is 4.56. The number of hydrogen-bond donors (Lipinski definition) is 0. The van der Waals surface area contributed by atoms with Gasteiger partial charge in [-0.25, -0.2) is 13.4 Å². The molecular weight excluding hydrogens is 422 g/mol. The van der Waals surface area contributed by atoms with E-state index in [0.29, 0.717) is 39.6 Å². The fraction of sp³-hybridized carbons (Fsp3) is 0.286. The maximum Gasteiger partial charge on any atom is 0.260 e. The van der Waals surface area contributed by atoms with Gasteiger partial charge in [0.2, 0.25) is 0 Å². The van der Waals surface area contributed by atoms with E-state index in [1.54, 1.807) is 41.3 Å². The van der Waals surface area contributed by atoms with Gasteiger partial charge in [0, 0.05) is 30.5 Å². The van der Waals surface area contributed by atoms with Gasteiger partial charge < -0.3 is 4.90 Å². The largest absolute Gasteiger partial charge is 0.308 e. The van der Waals surface area contributed by atoms with Gasteiger partial charge >= 0.3 is 0 Å². The van der Waals surface area contributed by atoms with E-state index in [1.807, 2.05) is 19.0 Å². The summed E-state index contributed by atoms with van der Waals surface area (Å²) in [6, 6.07) is 11.5. The van der Waals surface area contributed by atoms with Crippen molar-refractivity contribution >= 4 is 48.2 Å². The van der Waals surface area contributed by atoms with Crippen molar-refractivity contribution in [3.63, 3.8) is 0 Å². The van der Waals surface area contributed by atoms with E-state index in [1.165, 1.54) is 24.3 Å². The minimum absolute atomic E-state index is 0.0714. The monoisotopic (exact) mass is 445 g/mol. The van der Waals surface area contributed by atoms with E-state index in [-0.39, 0.29) is 16.6 Å². The van der Waals surface area contributed by atoms with Crippen molar-refractivity contribution in [2.24, 2.45) is 0 Å². The Morgan fingerprint density at radius 1 is 1.00 bits per heavy atom. The third kappa shape index (κ3) is 4.75. The average Bonchev–Trinajstić information content (AvgIpc) is 3.10. The second-order valence-electron chi connectivity index (χ2n) is 7.27. The number of ketones is 1. The predicted octanol–water partition coefficient (Wildman–Crippen LogP) is 3.11. The zero-order valence-electron chi connectivity index (χ0n) is 17.2. The molecule has 0 bridgehead atoms. The summed E-state index contributed by atoms with van der Waals surface area (Å²) >= 11 is 1.28. The second kappa shape index (κ2) is 8.63. The lowest BCUT2D eigenvalue weighted by molar-refractivity contribution is 0.0981. The Morgan fingerprint density at radius 3 is 2.20 bits per heavy atom. The third-order valence-corrected chi connectivity index (χ3v) is 6.73.